The summed E-state index contributed by atoms with van der Waals surface area (Å²) >= 11 is 0. The van der Waals surface area contributed by atoms with Gasteiger partial charge in [0.15, 0.2) is 0 Å². The van der Waals surface area contributed by atoms with E-state index >= 15 is 0 Å². The van der Waals surface area contributed by atoms with Crippen LogP contribution in [0.25, 0.3) is 0 Å². The van der Waals surface area contributed by atoms with E-state index in [0.717, 1.165) is 18.5 Å². The number of hydrogen-bond donors (Lipinski definition) is 1. The molecule has 1 atom stereocenters. The number of carbonyl (C=O) groups is 2. The molecule has 2 heterocycles. The summed E-state index contributed by atoms with van der Waals surface area (Å²) < 4.78 is 26.6. The van der Waals surface area contributed by atoms with Gasteiger partial charge in [-0.05, 0) is 49.2 Å². The maximum atomic E-state index is 12.6. The highest BCUT2D eigenvalue weighted by molar-refractivity contribution is 7.89. The molecule has 1 N–H and O–H groups in total. The summed E-state index contributed by atoms with van der Waals surface area (Å²) in [6.07, 6.45) is 1.99. The standard InChI is InChI=1S/C21H23N3O4S/c25-20-14-17(15-24(20)18-6-2-1-3-7-18)22-21(26)16-8-10-19(11-9-16)29(27,28)23-12-4-5-13-23/h1-3,6-11,17H,4-5,12-15H2,(H,22,26). The summed E-state index contributed by atoms with van der Waals surface area (Å²) in [5, 5.41) is 2.88. The van der Waals surface area contributed by atoms with Gasteiger partial charge in [-0.2, -0.15) is 4.31 Å². The van der Waals surface area contributed by atoms with E-state index in [4.69, 9.17) is 0 Å². The Morgan fingerprint density at radius 2 is 1.62 bits per heavy atom. The molecule has 2 aliphatic rings. The van der Waals surface area contributed by atoms with Gasteiger partial charge >= 0.3 is 0 Å². The van der Waals surface area contributed by atoms with Gasteiger partial charge in [-0.15, -0.1) is 0 Å². The van der Waals surface area contributed by atoms with E-state index in [0.29, 0.717) is 25.2 Å². The van der Waals surface area contributed by atoms with Gasteiger partial charge in [0.05, 0.1) is 10.9 Å². The molecular weight excluding hydrogens is 390 g/mol. The molecule has 7 nitrogen and oxygen atoms in total. The van der Waals surface area contributed by atoms with Gasteiger partial charge in [0.25, 0.3) is 5.91 Å². The van der Waals surface area contributed by atoms with Gasteiger partial charge in [0.2, 0.25) is 15.9 Å². The van der Waals surface area contributed by atoms with E-state index in [2.05, 4.69) is 5.32 Å². The molecular formula is C21H23N3O4S. The second kappa shape index (κ2) is 7.96. The SMILES string of the molecule is O=C(NC1CC(=O)N(c2ccccc2)C1)c1ccc(S(=O)(=O)N2CCCC2)cc1. The fourth-order valence-electron chi connectivity index (χ4n) is 3.79. The molecule has 2 fully saturated rings. The molecule has 2 aromatic carbocycles. The average molecular weight is 413 g/mol. The number of nitrogens with zero attached hydrogens (tertiary/aromatic N) is 2. The van der Waals surface area contributed by atoms with Crippen molar-refractivity contribution < 1.29 is 18.0 Å². The lowest BCUT2D eigenvalue weighted by atomic mass is 10.2. The van der Waals surface area contributed by atoms with Crippen LogP contribution in [0.4, 0.5) is 5.69 Å². The number of para-hydroxylation sites is 1. The Kier molecular flexibility index (Phi) is 5.38. The van der Waals surface area contributed by atoms with E-state index < -0.39 is 10.0 Å². The number of amides is 2. The highest BCUT2D eigenvalue weighted by atomic mass is 32.2. The number of carbonyl (C=O) groups excluding carboxylic acids is 2. The fraction of sp³-hybridized carbons (Fsp3) is 0.333. The molecule has 0 radical (unpaired) electrons. The van der Waals surface area contributed by atoms with Gasteiger partial charge in [-0.1, -0.05) is 18.2 Å². The van der Waals surface area contributed by atoms with Crippen LogP contribution in [0.2, 0.25) is 0 Å². The quantitative estimate of drug-likeness (QED) is 0.812. The van der Waals surface area contributed by atoms with Gasteiger partial charge in [-0.25, -0.2) is 8.42 Å². The Morgan fingerprint density at radius 3 is 2.28 bits per heavy atom. The molecule has 2 saturated heterocycles. The minimum absolute atomic E-state index is 0.0337. The van der Waals surface area contributed by atoms with Crippen molar-refractivity contribution in [1.29, 1.82) is 0 Å². The van der Waals surface area contributed by atoms with Gasteiger partial charge in [0.1, 0.15) is 0 Å². The normalized spacial score (nSPS) is 20.2. The number of benzene rings is 2. The van der Waals surface area contributed by atoms with Crippen molar-refractivity contribution in [1.82, 2.24) is 9.62 Å². The Labute approximate surface area is 170 Å². The Bertz CT molecular complexity index is 1000. The van der Waals surface area contributed by atoms with E-state index in [1.165, 1.54) is 28.6 Å². The van der Waals surface area contributed by atoms with Crippen molar-refractivity contribution in [2.45, 2.75) is 30.2 Å². The first-order valence-corrected chi connectivity index (χ1v) is 11.2. The van der Waals surface area contributed by atoms with Crippen LogP contribution in [0.5, 0.6) is 0 Å². The molecule has 2 amide bonds. The smallest absolute Gasteiger partial charge is 0.251 e. The molecule has 0 spiro atoms. The number of sulfonamides is 1. The lowest BCUT2D eigenvalue weighted by Gasteiger charge is -2.17. The molecule has 0 saturated carbocycles. The zero-order chi connectivity index (χ0) is 20.4. The second-order valence-corrected chi connectivity index (χ2v) is 9.29. The van der Waals surface area contributed by atoms with Crippen LogP contribution in [0.1, 0.15) is 29.6 Å². The molecule has 152 valence electrons. The lowest BCUT2D eigenvalue weighted by Crippen LogP contribution is -2.37. The zero-order valence-electron chi connectivity index (χ0n) is 16.0. The number of anilines is 1. The fourth-order valence-corrected chi connectivity index (χ4v) is 5.30. The van der Waals surface area contributed by atoms with Crippen molar-refractivity contribution in [2.75, 3.05) is 24.5 Å². The summed E-state index contributed by atoms with van der Waals surface area (Å²) in [5.41, 5.74) is 1.18. The summed E-state index contributed by atoms with van der Waals surface area (Å²) in [4.78, 5) is 26.7. The minimum Gasteiger partial charge on any atom is -0.347 e. The van der Waals surface area contributed by atoms with E-state index in [9.17, 15) is 18.0 Å². The summed E-state index contributed by atoms with van der Waals surface area (Å²) in [6.45, 7) is 1.49. The van der Waals surface area contributed by atoms with E-state index in [1.54, 1.807) is 4.90 Å². The van der Waals surface area contributed by atoms with Crippen molar-refractivity contribution in [3.63, 3.8) is 0 Å². The highest BCUT2D eigenvalue weighted by Gasteiger charge is 2.32. The first kappa shape index (κ1) is 19.6. The van der Waals surface area contributed by atoms with Crippen LogP contribution in [-0.2, 0) is 14.8 Å². The molecule has 2 aromatic rings. The molecule has 29 heavy (non-hydrogen) atoms. The van der Waals surface area contributed by atoms with Crippen LogP contribution in [-0.4, -0.2) is 50.2 Å². The van der Waals surface area contributed by atoms with Crippen LogP contribution in [0.3, 0.4) is 0 Å². The first-order valence-electron chi connectivity index (χ1n) is 9.71. The van der Waals surface area contributed by atoms with Gasteiger partial charge in [0, 0.05) is 37.3 Å². The molecule has 8 heteroatoms. The summed E-state index contributed by atoms with van der Waals surface area (Å²) in [6, 6.07) is 15.0. The Balaban J connectivity index is 1.41. The van der Waals surface area contributed by atoms with E-state index in [-0.39, 0.29) is 29.2 Å². The Hall–Kier alpha value is -2.71. The Morgan fingerprint density at radius 1 is 0.966 bits per heavy atom. The molecule has 0 bridgehead atoms. The monoisotopic (exact) mass is 413 g/mol. The predicted octanol–water partition coefficient (Wildman–Crippen LogP) is 2.01. The summed E-state index contributed by atoms with van der Waals surface area (Å²) in [7, 11) is -3.50. The first-order chi connectivity index (χ1) is 13.9. The highest BCUT2D eigenvalue weighted by Crippen LogP contribution is 2.23. The van der Waals surface area contributed by atoms with Gasteiger partial charge in [-0.3, -0.25) is 9.59 Å². The van der Waals surface area contributed by atoms with Crippen molar-refractivity contribution in [2.24, 2.45) is 0 Å². The second-order valence-electron chi connectivity index (χ2n) is 7.35. The predicted molar refractivity (Wildman–Crippen MR) is 109 cm³/mol. The maximum Gasteiger partial charge on any atom is 0.251 e. The van der Waals surface area contributed by atoms with Crippen LogP contribution in [0.15, 0.2) is 59.5 Å². The molecule has 0 aromatic heterocycles. The van der Waals surface area contributed by atoms with Crippen molar-refractivity contribution in [3.8, 4) is 0 Å². The third-order valence-electron chi connectivity index (χ3n) is 5.35. The topological polar surface area (TPSA) is 86.8 Å². The lowest BCUT2D eigenvalue weighted by molar-refractivity contribution is -0.117. The zero-order valence-corrected chi connectivity index (χ0v) is 16.8. The van der Waals surface area contributed by atoms with Crippen molar-refractivity contribution in [3.05, 3.63) is 60.2 Å². The minimum atomic E-state index is -3.50. The van der Waals surface area contributed by atoms with Crippen molar-refractivity contribution >= 4 is 27.5 Å². The maximum absolute atomic E-state index is 12.6. The average Bonchev–Trinajstić information content (AvgIpc) is 3.39. The number of rotatable bonds is 5. The van der Waals surface area contributed by atoms with Crippen LogP contribution >= 0.6 is 0 Å². The summed E-state index contributed by atoms with van der Waals surface area (Å²) in [5.74, 6) is -0.351. The molecule has 2 aliphatic heterocycles. The van der Waals surface area contributed by atoms with Gasteiger partial charge < -0.3 is 10.2 Å². The third kappa shape index (κ3) is 4.04. The number of nitrogens with one attached hydrogen (secondary N) is 1. The van der Waals surface area contributed by atoms with Crippen LogP contribution < -0.4 is 10.2 Å². The molecule has 4 rings (SSSR count). The largest absolute Gasteiger partial charge is 0.347 e. The third-order valence-corrected chi connectivity index (χ3v) is 7.26. The number of hydrogen-bond acceptors (Lipinski definition) is 4. The van der Waals surface area contributed by atoms with E-state index in [1.807, 2.05) is 30.3 Å². The van der Waals surface area contributed by atoms with Crippen LogP contribution in [0, 0.1) is 0 Å². The molecule has 0 aliphatic carbocycles. The molecule has 1 unspecified atom stereocenters.